The van der Waals surface area contributed by atoms with E-state index in [2.05, 4.69) is 4.98 Å². The van der Waals surface area contributed by atoms with Gasteiger partial charge in [-0.05, 0) is 20.8 Å². The van der Waals surface area contributed by atoms with Gasteiger partial charge in [-0.25, -0.2) is 4.98 Å². The third-order valence-corrected chi connectivity index (χ3v) is 2.17. The van der Waals surface area contributed by atoms with Crippen molar-refractivity contribution in [2.45, 2.75) is 27.2 Å². The van der Waals surface area contributed by atoms with Crippen LogP contribution in [0.2, 0.25) is 0 Å². The zero-order valence-electron chi connectivity index (χ0n) is 9.66. The van der Waals surface area contributed by atoms with Gasteiger partial charge in [-0.15, -0.1) is 0 Å². The van der Waals surface area contributed by atoms with Gasteiger partial charge >= 0.3 is 0 Å². The molecule has 0 atom stereocenters. The molecule has 0 spiro atoms. The highest BCUT2D eigenvalue weighted by Gasteiger charge is 2.06. The molecule has 0 saturated heterocycles. The number of nitrogens with zero attached hydrogens (tertiary/aromatic N) is 2. The van der Waals surface area contributed by atoms with Crippen LogP contribution in [-0.4, -0.2) is 22.4 Å². The molecule has 1 heterocycles. The number of allylic oxidation sites excluding steroid dienone is 2. The second-order valence-corrected chi connectivity index (χ2v) is 3.59. The second-order valence-electron chi connectivity index (χ2n) is 3.59. The first-order valence-corrected chi connectivity index (χ1v) is 4.83. The Hall–Kier alpha value is -1.58. The lowest BCUT2D eigenvalue weighted by Gasteiger charge is -2.10. The highest BCUT2D eigenvalue weighted by atomic mass is 16.5. The van der Waals surface area contributed by atoms with Gasteiger partial charge in [0.15, 0.2) is 0 Å². The van der Waals surface area contributed by atoms with Crippen molar-refractivity contribution in [3.8, 4) is 0 Å². The van der Waals surface area contributed by atoms with E-state index in [0.29, 0.717) is 12.1 Å². The van der Waals surface area contributed by atoms with Crippen molar-refractivity contribution >= 4 is 11.4 Å². The molecule has 0 aliphatic heterocycles. The maximum atomic E-state index is 7.45. The minimum absolute atomic E-state index is 0.541. The number of hydrogen-bond acceptors (Lipinski definition) is 3. The first kappa shape index (κ1) is 11.5. The molecule has 0 aliphatic carbocycles. The van der Waals surface area contributed by atoms with Gasteiger partial charge in [0.05, 0.1) is 24.8 Å². The van der Waals surface area contributed by atoms with Crippen molar-refractivity contribution < 1.29 is 4.74 Å². The first-order chi connectivity index (χ1) is 7.04. The Labute approximate surface area is 90.1 Å². The van der Waals surface area contributed by atoms with Crippen LogP contribution in [-0.2, 0) is 4.74 Å². The van der Waals surface area contributed by atoms with Crippen LogP contribution in [0.1, 0.15) is 26.0 Å². The maximum Gasteiger partial charge on any atom is 0.121 e. The van der Waals surface area contributed by atoms with Crippen molar-refractivity contribution in [1.29, 1.82) is 5.41 Å². The molecule has 0 saturated carbocycles. The number of aromatic nitrogens is 2. The number of rotatable bonds is 4. The van der Waals surface area contributed by atoms with Crippen molar-refractivity contribution in [3.63, 3.8) is 0 Å². The van der Waals surface area contributed by atoms with Gasteiger partial charge < -0.3 is 14.7 Å². The summed E-state index contributed by atoms with van der Waals surface area (Å²) in [5, 5.41) is 7.45. The van der Waals surface area contributed by atoms with Crippen LogP contribution < -0.4 is 0 Å². The Morgan fingerprint density at radius 3 is 2.60 bits per heavy atom. The summed E-state index contributed by atoms with van der Waals surface area (Å²) in [5.74, 6) is 0.805. The van der Waals surface area contributed by atoms with Gasteiger partial charge in [0.1, 0.15) is 5.76 Å². The van der Waals surface area contributed by atoms with E-state index in [9.17, 15) is 0 Å². The molecule has 4 heteroatoms. The molecule has 0 radical (unpaired) electrons. The highest BCUT2D eigenvalue weighted by molar-refractivity contribution is 5.81. The predicted molar refractivity (Wildman–Crippen MR) is 60.9 cm³/mol. The Balaban J connectivity index is 2.99. The molecule has 1 rings (SSSR count). The zero-order valence-corrected chi connectivity index (χ0v) is 9.66. The fourth-order valence-corrected chi connectivity index (χ4v) is 1.34. The van der Waals surface area contributed by atoms with Crippen LogP contribution in [0.4, 0.5) is 0 Å². The number of methoxy groups -OCH3 is 1. The standard InChI is InChI=1S/C11H17N3O/c1-8(12)5-11(15-4)10(3)14-6-9(2)13-7-14/h6-7,12H,5H2,1-4H3. The van der Waals surface area contributed by atoms with Crippen LogP contribution in [0, 0.1) is 12.3 Å². The van der Waals surface area contributed by atoms with Crippen molar-refractivity contribution in [2.24, 2.45) is 0 Å². The summed E-state index contributed by atoms with van der Waals surface area (Å²) in [5.41, 5.74) is 2.53. The first-order valence-electron chi connectivity index (χ1n) is 4.83. The Bertz CT molecular complexity index is 390. The molecule has 82 valence electrons. The van der Waals surface area contributed by atoms with Gasteiger partial charge in [-0.1, -0.05) is 0 Å². The lowest BCUT2D eigenvalue weighted by Crippen LogP contribution is -2.01. The summed E-state index contributed by atoms with van der Waals surface area (Å²) in [6.07, 6.45) is 4.23. The Morgan fingerprint density at radius 1 is 1.53 bits per heavy atom. The van der Waals surface area contributed by atoms with E-state index < -0.39 is 0 Å². The van der Waals surface area contributed by atoms with Crippen LogP contribution in [0.25, 0.3) is 5.70 Å². The predicted octanol–water partition coefficient (Wildman–Crippen LogP) is 2.46. The van der Waals surface area contributed by atoms with Crippen LogP contribution >= 0.6 is 0 Å². The fraction of sp³-hybridized carbons (Fsp3) is 0.455. The lowest BCUT2D eigenvalue weighted by atomic mass is 10.2. The average Bonchev–Trinajstić information content (AvgIpc) is 2.60. The van der Waals surface area contributed by atoms with Gasteiger partial charge in [0.2, 0.25) is 0 Å². The van der Waals surface area contributed by atoms with E-state index in [4.69, 9.17) is 10.1 Å². The van der Waals surface area contributed by atoms with Crippen LogP contribution in [0.15, 0.2) is 18.3 Å². The monoisotopic (exact) mass is 207 g/mol. The van der Waals surface area contributed by atoms with E-state index in [-0.39, 0.29) is 0 Å². The molecule has 0 amide bonds. The topological polar surface area (TPSA) is 50.9 Å². The van der Waals surface area contributed by atoms with E-state index in [1.54, 1.807) is 20.4 Å². The second kappa shape index (κ2) is 4.77. The summed E-state index contributed by atoms with van der Waals surface area (Å²) in [6, 6.07) is 0. The summed E-state index contributed by atoms with van der Waals surface area (Å²) in [4.78, 5) is 4.15. The normalized spacial score (nSPS) is 12.3. The minimum Gasteiger partial charge on any atom is -0.499 e. The maximum absolute atomic E-state index is 7.45. The number of aryl methyl sites for hydroxylation is 1. The zero-order chi connectivity index (χ0) is 11.4. The molecule has 1 aromatic heterocycles. The van der Waals surface area contributed by atoms with Crippen molar-refractivity contribution in [2.75, 3.05) is 7.11 Å². The molecule has 1 aromatic rings. The number of nitrogens with one attached hydrogen (secondary N) is 1. The third kappa shape index (κ3) is 2.94. The van der Waals surface area contributed by atoms with E-state index in [1.165, 1.54) is 0 Å². The molecule has 15 heavy (non-hydrogen) atoms. The molecule has 1 N–H and O–H groups in total. The average molecular weight is 207 g/mol. The summed E-state index contributed by atoms with van der Waals surface area (Å²) in [6.45, 7) is 5.67. The summed E-state index contributed by atoms with van der Waals surface area (Å²) >= 11 is 0. The van der Waals surface area contributed by atoms with E-state index in [1.807, 2.05) is 24.6 Å². The van der Waals surface area contributed by atoms with E-state index in [0.717, 1.165) is 17.2 Å². The summed E-state index contributed by atoms with van der Waals surface area (Å²) < 4.78 is 7.19. The van der Waals surface area contributed by atoms with Gasteiger partial charge in [-0.2, -0.15) is 0 Å². The Kier molecular flexibility index (Phi) is 3.66. The molecule has 0 aromatic carbocycles. The SMILES string of the molecule is COC(CC(C)=N)=C(C)n1cnc(C)c1. The molecule has 4 nitrogen and oxygen atoms in total. The van der Waals surface area contributed by atoms with Crippen molar-refractivity contribution in [1.82, 2.24) is 9.55 Å². The molecule has 0 fully saturated rings. The minimum atomic E-state index is 0.541. The lowest BCUT2D eigenvalue weighted by molar-refractivity contribution is 0.287. The smallest absolute Gasteiger partial charge is 0.121 e. The molecular weight excluding hydrogens is 190 g/mol. The summed E-state index contributed by atoms with van der Waals surface area (Å²) in [7, 11) is 1.63. The van der Waals surface area contributed by atoms with Gasteiger partial charge in [-0.3, -0.25) is 0 Å². The number of imidazole rings is 1. The molecule has 0 aliphatic rings. The quantitative estimate of drug-likeness (QED) is 0.609. The van der Waals surface area contributed by atoms with E-state index >= 15 is 0 Å². The van der Waals surface area contributed by atoms with Gasteiger partial charge in [0, 0.05) is 18.3 Å². The van der Waals surface area contributed by atoms with Crippen molar-refractivity contribution in [3.05, 3.63) is 24.0 Å². The number of ether oxygens (including phenoxy) is 1. The largest absolute Gasteiger partial charge is 0.499 e. The van der Waals surface area contributed by atoms with Crippen LogP contribution in [0.3, 0.4) is 0 Å². The van der Waals surface area contributed by atoms with Crippen LogP contribution in [0.5, 0.6) is 0 Å². The molecular formula is C11H17N3O. The highest BCUT2D eigenvalue weighted by Crippen LogP contribution is 2.15. The third-order valence-electron chi connectivity index (χ3n) is 2.17. The molecule has 0 bridgehead atoms. The molecule has 0 unspecified atom stereocenters. The Morgan fingerprint density at radius 2 is 2.20 bits per heavy atom. The fourth-order valence-electron chi connectivity index (χ4n) is 1.34. The van der Waals surface area contributed by atoms with Gasteiger partial charge in [0.25, 0.3) is 0 Å². The number of hydrogen-bond donors (Lipinski definition) is 1.